The third kappa shape index (κ3) is 3.99. The molecule has 0 saturated heterocycles. The summed E-state index contributed by atoms with van der Waals surface area (Å²) in [6, 6.07) is 12.7. The summed E-state index contributed by atoms with van der Waals surface area (Å²) in [7, 11) is 3.13. The average Bonchev–Trinajstić information content (AvgIpc) is 2.49. The summed E-state index contributed by atoms with van der Waals surface area (Å²) < 4.78 is 15.7. The molecule has 21 heavy (non-hydrogen) atoms. The first kappa shape index (κ1) is 14.9. The Morgan fingerprint density at radius 1 is 0.952 bits per heavy atom. The standard InChI is InChI=1S/C17H18O4/c1-12-4-7-14(8-5-12)21-17(18)11-13-6-9-15(19-2)16(10-13)20-3/h4-10H,11H2,1-3H3. The van der Waals surface area contributed by atoms with Gasteiger partial charge >= 0.3 is 5.97 Å². The quantitative estimate of drug-likeness (QED) is 0.625. The SMILES string of the molecule is COc1ccc(CC(=O)Oc2ccc(C)cc2)cc1OC. The second-order valence-electron chi connectivity index (χ2n) is 4.65. The van der Waals surface area contributed by atoms with E-state index in [1.54, 1.807) is 38.5 Å². The molecule has 0 atom stereocenters. The topological polar surface area (TPSA) is 44.8 Å². The molecule has 2 rings (SSSR count). The highest BCUT2D eigenvalue weighted by Crippen LogP contribution is 2.27. The summed E-state index contributed by atoms with van der Waals surface area (Å²) in [5.41, 5.74) is 1.93. The van der Waals surface area contributed by atoms with Crippen molar-refractivity contribution in [1.82, 2.24) is 0 Å². The number of carbonyl (C=O) groups is 1. The molecular weight excluding hydrogens is 268 g/mol. The van der Waals surface area contributed by atoms with Gasteiger partial charge in [-0.1, -0.05) is 23.8 Å². The van der Waals surface area contributed by atoms with Crippen LogP contribution in [0.25, 0.3) is 0 Å². The number of methoxy groups -OCH3 is 2. The van der Waals surface area contributed by atoms with Crippen LogP contribution in [0.5, 0.6) is 17.2 Å². The third-order valence-corrected chi connectivity index (χ3v) is 3.05. The maximum atomic E-state index is 11.9. The predicted octanol–water partition coefficient (Wildman–Crippen LogP) is 3.16. The van der Waals surface area contributed by atoms with Gasteiger partial charge in [-0.2, -0.15) is 0 Å². The van der Waals surface area contributed by atoms with E-state index in [-0.39, 0.29) is 12.4 Å². The van der Waals surface area contributed by atoms with Gasteiger partial charge in [0, 0.05) is 0 Å². The fourth-order valence-corrected chi connectivity index (χ4v) is 1.93. The Bertz CT molecular complexity index is 617. The number of hydrogen-bond donors (Lipinski definition) is 0. The van der Waals surface area contributed by atoms with E-state index in [0.717, 1.165) is 11.1 Å². The van der Waals surface area contributed by atoms with Crippen molar-refractivity contribution in [2.45, 2.75) is 13.3 Å². The maximum absolute atomic E-state index is 11.9. The van der Waals surface area contributed by atoms with Gasteiger partial charge in [0.1, 0.15) is 5.75 Å². The van der Waals surface area contributed by atoms with E-state index in [1.807, 2.05) is 25.1 Å². The summed E-state index contributed by atoms with van der Waals surface area (Å²) in [6.45, 7) is 1.98. The Morgan fingerprint density at radius 2 is 1.62 bits per heavy atom. The van der Waals surface area contributed by atoms with Crippen LogP contribution in [0.1, 0.15) is 11.1 Å². The van der Waals surface area contributed by atoms with E-state index in [4.69, 9.17) is 14.2 Å². The van der Waals surface area contributed by atoms with Crippen molar-refractivity contribution in [3.05, 3.63) is 53.6 Å². The monoisotopic (exact) mass is 286 g/mol. The number of carbonyl (C=O) groups excluding carboxylic acids is 1. The summed E-state index contributed by atoms with van der Waals surface area (Å²) in [6.07, 6.45) is 0.175. The molecule has 0 saturated carbocycles. The zero-order valence-electron chi connectivity index (χ0n) is 12.4. The summed E-state index contributed by atoms with van der Waals surface area (Å²) in [5, 5.41) is 0. The van der Waals surface area contributed by atoms with Crippen LogP contribution in [0.3, 0.4) is 0 Å². The van der Waals surface area contributed by atoms with Crippen molar-refractivity contribution in [2.75, 3.05) is 14.2 Å². The maximum Gasteiger partial charge on any atom is 0.315 e. The van der Waals surface area contributed by atoms with Crippen molar-refractivity contribution >= 4 is 5.97 Å². The largest absolute Gasteiger partial charge is 0.493 e. The lowest BCUT2D eigenvalue weighted by molar-refractivity contribution is -0.133. The van der Waals surface area contributed by atoms with E-state index in [1.165, 1.54) is 0 Å². The molecule has 0 aromatic heterocycles. The molecule has 0 radical (unpaired) electrons. The van der Waals surface area contributed by atoms with Crippen LogP contribution in [0.4, 0.5) is 0 Å². The third-order valence-electron chi connectivity index (χ3n) is 3.05. The second kappa shape index (κ2) is 6.79. The Kier molecular flexibility index (Phi) is 4.82. The number of rotatable bonds is 5. The number of esters is 1. The molecule has 4 heteroatoms. The second-order valence-corrected chi connectivity index (χ2v) is 4.65. The zero-order chi connectivity index (χ0) is 15.2. The number of benzene rings is 2. The van der Waals surface area contributed by atoms with Crippen LogP contribution < -0.4 is 14.2 Å². The predicted molar refractivity (Wildman–Crippen MR) is 80.1 cm³/mol. The molecule has 2 aromatic carbocycles. The first-order chi connectivity index (χ1) is 10.1. The van der Waals surface area contributed by atoms with Crippen LogP contribution in [-0.2, 0) is 11.2 Å². The zero-order valence-corrected chi connectivity index (χ0v) is 12.4. The van der Waals surface area contributed by atoms with E-state index in [9.17, 15) is 4.79 Å². The molecule has 110 valence electrons. The highest BCUT2D eigenvalue weighted by atomic mass is 16.5. The van der Waals surface area contributed by atoms with Gasteiger partial charge in [-0.25, -0.2) is 0 Å². The minimum atomic E-state index is -0.314. The van der Waals surface area contributed by atoms with Gasteiger partial charge in [-0.15, -0.1) is 0 Å². The molecule has 0 aliphatic rings. The van der Waals surface area contributed by atoms with Gasteiger partial charge in [-0.3, -0.25) is 4.79 Å². The van der Waals surface area contributed by atoms with Gasteiger partial charge in [-0.05, 0) is 36.8 Å². The lowest BCUT2D eigenvalue weighted by atomic mass is 10.1. The molecule has 0 unspecified atom stereocenters. The summed E-state index contributed by atoms with van der Waals surface area (Å²) in [5.74, 6) is 1.46. The van der Waals surface area contributed by atoms with Crippen molar-refractivity contribution in [2.24, 2.45) is 0 Å². The van der Waals surface area contributed by atoms with Crippen LogP contribution in [0, 0.1) is 6.92 Å². The normalized spacial score (nSPS) is 10.0. The highest BCUT2D eigenvalue weighted by molar-refractivity contribution is 5.75. The van der Waals surface area contributed by atoms with E-state index < -0.39 is 0 Å². The van der Waals surface area contributed by atoms with E-state index in [0.29, 0.717) is 17.2 Å². The molecular formula is C17H18O4. The molecule has 0 aliphatic heterocycles. The van der Waals surface area contributed by atoms with Crippen LogP contribution in [0.2, 0.25) is 0 Å². The van der Waals surface area contributed by atoms with Gasteiger partial charge in [0.2, 0.25) is 0 Å². The number of hydrogen-bond acceptors (Lipinski definition) is 4. The number of aryl methyl sites for hydroxylation is 1. The fourth-order valence-electron chi connectivity index (χ4n) is 1.93. The van der Waals surface area contributed by atoms with Crippen molar-refractivity contribution in [1.29, 1.82) is 0 Å². The Morgan fingerprint density at radius 3 is 2.24 bits per heavy atom. The fraction of sp³-hybridized carbons (Fsp3) is 0.235. The van der Waals surface area contributed by atoms with Crippen LogP contribution >= 0.6 is 0 Å². The van der Waals surface area contributed by atoms with E-state index >= 15 is 0 Å². The average molecular weight is 286 g/mol. The summed E-state index contributed by atoms with van der Waals surface area (Å²) >= 11 is 0. The Labute approximate surface area is 124 Å². The molecule has 0 spiro atoms. The minimum Gasteiger partial charge on any atom is -0.493 e. The lowest BCUT2D eigenvalue weighted by Gasteiger charge is -2.09. The molecule has 0 heterocycles. The molecule has 0 amide bonds. The Hall–Kier alpha value is -2.49. The van der Waals surface area contributed by atoms with Gasteiger partial charge in [0.05, 0.1) is 20.6 Å². The van der Waals surface area contributed by atoms with Gasteiger partial charge < -0.3 is 14.2 Å². The van der Waals surface area contributed by atoms with Gasteiger partial charge in [0.25, 0.3) is 0 Å². The molecule has 0 N–H and O–H groups in total. The van der Waals surface area contributed by atoms with Crippen molar-refractivity contribution < 1.29 is 19.0 Å². The molecule has 0 fully saturated rings. The van der Waals surface area contributed by atoms with Gasteiger partial charge in [0.15, 0.2) is 11.5 Å². The minimum absolute atomic E-state index is 0.175. The molecule has 0 bridgehead atoms. The molecule has 2 aromatic rings. The highest BCUT2D eigenvalue weighted by Gasteiger charge is 2.10. The Balaban J connectivity index is 2.04. The van der Waals surface area contributed by atoms with E-state index in [2.05, 4.69) is 0 Å². The van der Waals surface area contributed by atoms with Crippen LogP contribution in [0.15, 0.2) is 42.5 Å². The molecule has 4 nitrogen and oxygen atoms in total. The smallest absolute Gasteiger partial charge is 0.315 e. The first-order valence-corrected chi connectivity index (χ1v) is 6.60. The van der Waals surface area contributed by atoms with Crippen molar-refractivity contribution in [3.63, 3.8) is 0 Å². The number of ether oxygens (including phenoxy) is 3. The lowest BCUT2D eigenvalue weighted by Crippen LogP contribution is -2.11. The van der Waals surface area contributed by atoms with Crippen LogP contribution in [-0.4, -0.2) is 20.2 Å². The van der Waals surface area contributed by atoms with Crippen molar-refractivity contribution in [3.8, 4) is 17.2 Å². The first-order valence-electron chi connectivity index (χ1n) is 6.60. The summed E-state index contributed by atoms with van der Waals surface area (Å²) in [4.78, 5) is 11.9. The molecule has 0 aliphatic carbocycles.